The molecular weight excluding hydrogens is 768 g/mol. The van der Waals surface area contributed by atoms with Gasteiger partial charge in [-0.2, -0.15) is 13.1 Å². The van der Waals surface area contributed by atoms with Crippen molar-refractivity contribution in [3.8, 4) is 5.75 Å². The first kappa shape index (κ1) is 40.8. The highest BCUT2D eigenvalue weighted by molar-refractivity contribution is 7.88. The smallest absolute Gasteiger partial charge is 0.301 e. The Morgan fingerprint density at radius 1 is 1.14 bits per heavy atom. The molecule has 306 valence electrons. The molecule has 2 aliphatic carbocycles. The van der Waals surface area contributed by atoms with E-state index in [1.807, 2.05) is 29.0 Å². The van der Waals surface area contributed by atoms with Crippen LogP contribution in [-0.2, 0) is 42.0 Å². The lowest BCUT2D eigenvalue weighted by Gasteiger charge is -2.46. The standard InChI is InChI=1S/C40H52ClF2N5O7S/c1-3-44-56(52,53)45-37(50)40(51)21-36(49)46(2)16-5-4-8-34(54-18-17-47-24-39(42,43)25-47)31-12-9-28(31)22-48-23-38(26-55-35-14-10-29(40)20-33(35)48)15-6-7-27-19-30(41)11-13-32(27)38/h4,8,10-11,13-14,19-20,28,31,34,44,51H,3,5-7,9,12,15-18,21-26H2,1-2H3,(H,45,50)/b8-4+/t28-,31+,34-,38-,40+/m0/s1. The number of fused-ring (bicyclic) bond motifs is 4. The quantitative estimate of drug-likeness (QED) is 0.336. The number of anilines is 1. The van der Waals surface area contributed by atoms with Crippen molar-refractivity contribution in [3.05, 3.63) is 70.3 Å². The highest BCUT2D eigenvalue weighted by Gasteiger charge is 2.47. The molecule has 3 heterocycles. The van der Waals surface area contributed by atoms with Gasteiger partial charge in [0.25, 0.3) is 11.8 Å². The number of hydrogen-bond acceptors (Lipinski definition) is 9. The lowest BCUT2D eigenvalue weighted by Crippen LogP contribution is -2.57. The molecular formula is C40H52ClF2N5O7S. The zero-order valence-electron chi connectivity index (χ0n) is 31.9. The minimum atomic E-state index is -4.34. The second-order valence-corrected chi connectivity index (χ2v) is 18.1. The van der Waals surface area contributed by atoms with Crippen LogP contribution in [0.25, 0.3) is 0 Å². The van der Waals surface area contributed by atoms with E-state index in [0.717, 1.165) is 37.7 Å². The zero-order valence-corrected chi connectivity index (χ0v) is 33.5. The average molecular weight is 820 g/mol. The Morgan fingerprint density at radius 2 is 1.95 bits per heavy atom. The molecule has 0 aromatic heterocycles. The van der Waals surface area contributed by atoms with Crippen molar-refractivity contribution >= 4 is 39.3 Å². The van der Waals surface area contributed by atoms with E-state index in [4.69, 9.17) is 21.1 Å². The van der Waals surface area contributed by atoms with Crippen LogP contribution >= 0.6 is 11.6 Å². The molecule has 2 bridgehead atoms. The van der Waals surface area contributed by atoms with Crippen LogP contribution in [0.5, 0.6) is 5.75 Å². The number of benzene rings is 2. The molecule has 2 fully saturated rings. The minimum Gasteiger partial charge on any atom is -0.490 e. The molecule has 5 aliphatic rings. The summed E-state index contributed by atoms with van der Waals surface area (Å²) >= 11 is 6.46. The summed E-state index contributed by atoms with van der Waals surface area (Å²) in [6.07, 6.45) is 7.94. The van der Waals surface area contributed by atoms with E-state index in [0.29, 0.717) is 55.7 Å². The summed E-state index contributed by atoms with van der Waals surface area (Å²) in [6.45, 7) is 3.52. The lowest BCUT2D eigenvalue weighted by molar-refractivity contribution is -0.148. The number of halogens is 3. The second kappa shape index (κ2) is 16.1. The van der Waals surface area contributed by atoms with Gasteiger partial charge in [-0.3, -0.25) is 14.5 Å². The molecule has 5 atom stereocenters. The summed E-state index contributed by atoms with van der Waals surface area (Å²) in [4.78, 5) is 33.0. The van der Waals surface area contributed by atoms with Crippen LogP contribution in [0.4, 0.5) is 14.5 Å². The van der Waals surface area contributed by atoms with Gasteiger partial charge in [-0.05, 0) is 91.3 Å². The molecule has 0 radical (unpaired) electrons. The molecule has 3 N–H and O–H groups in total. The van der Waals surface area contributed by atoms with Crippen LogP contribution < -0.4 is 19.1 Å². The number of aliphatic hydroxyl groups is 1. The number of nitrogens with zero attached hydrogens (tertiary/aromatic N) is 3. The van der Waals surface area contributed by atoms with Crippen LogP contribution in [0.1, 0.15) is 62.1 Å². The Bertz CT molecular complexity index is 1950. The molecule has 2 amide bonds. The van der Waals surface area contributed by atoms with E-state index in [1.165, 1.54) is 16.5 Å². The molecule has 56 heavy (non-hydrogen) atoms. The van der Waals surface area contributed by atoms with Gasteiger partial charge in [0.1, 0.15) is 5.75 Å². The Labute approximate surface area is 332 Å². The number of likely N-dealkylation sites (tertiary alicyclic amines) is 1. The minimum absolute atomic E-state index is 0.00384. The number of hydrogen-bond donors (Lipinski definition) is 3. The fourth-order valence-electron chi connectivity index (χ4n) is 9.04. The van der Waals surface area contributed by atoms with Gasteiger partial charge < -0.3 is 24.4 Å². The topological polar surface area (TPSA) is 141 Å². The third-order valence-corrected chi connectivity index (χ3v) is 13.6. The molecule has 3 aliphatic heterocycles. The second-order valence-electron chi connectivity index (χ2n) is 16.2. The number of rotatable bonds is 8. The first-order valence-corrected chi connectivity index (χ1v) is 21.4. The highest BCUT2D eigenvalue weighted by atomic mass is 35.5. The molecule has 2 aromatic carbocycles. The van der Waals surface area contributed by atoms with E-state index in [-0.39, 0.29) is 49.7 Å². The molecule has 0 unspecified atom stereocenters. The van der Waals surface area contributed by atoms with Crippen molar-refractivity contribution in [2.24, 2.45) is 11.8 Å². The number of alkyl halides is 2. The number of nitrogens with one attached hydrogen (secondary N) is 2. The zero-order chi connectivity index (χ0) is 39.9. The van der Waals surface area contributed by atoms with Gasteiger partial charge in [-0.1, -0.05) is 42.8 Å². The Hall–Kier alpha value is -3.34. The van der Waals surface area contributed by atoms with Crippen LogP contribution in [0.2, 0.25) is 5.02 Å². The SMILES string of the molecule is CCNS(=O)(=O)NC(=O)[C@@]1(O)CC(=O)N(C)CC/C=C/[C@H](OCCN2CC(F)(F)C2)[C@@H]2CC[C@H]2CN2C[C@@]3(CCCc4cc(Cl)ccc43)COc3ccc1cc32. The van der Waals surface area contributed by atoms with Gasteiger partial charge in [0.15, 0.2) is 5.60 Å². The molecule has 1 saturated heterocycles. The van der Waals surface area contributed by atoms with Crippen molar-refractivity contribution < 1.29 is 41.4 Å². The third kappa shape index (κ3) is 8.58. The van der Waals surface area contributed by atoms with E-state index < -0.39 is 45.4 Å². The number of carbonyl (C=O) groups is 2. The summed E-state index contributed by atoms with van der Waals surface area (Å²) in [6, 6.07) is 10.9. The van der Waals surface area contributed by atoms with Crippen LogP contribution in [0.15, 0.2) is 48.6 Å². The molecule has 12 nitrogen and oxygen atoms in total. The van der Waals surface area contributed by atoms with Gasteiger partial charge in [0, 0.05) is 50.2 Å². The first-order valence-electron chi connectivity index (χ1n) is 19.6. The van der Waals surface area contributed by atoms with Gasteiger partial charge >= 0.3 is 10.2 Å². The number of carbonyl (C=O) groups excluding carboxylic acids is 2. The number of amides is 2. The van der Waals surface area contributed by atoms with E-state index in [2.05, 4.69) is 15.7 Å². The van der Waals surface area contributed by atoms with Crippen LogP contribution in [-0.4, -0.2) is 113 Å². The predicted octanol–water partition coefficient (Wildman–Crippen LogP) is 4.14. The van der Waals surface area contributed by atoms with Gasteiger partial charge in [-0.25, -0.2) is 13.5 Å². The van der Waals surface area contributed by atoms with Gasteiger partial charge in [-0.15, -0.1) is 0 Å². The van der Waals surface area contributed by atoms with E-state index in [9.17, 15) is 31.9 Å². The van der Waals surface area contributed by atoms with Crippen molar-refractivity contribution in [2.75, 3.05) is 71.0 Å². The van der Waals surface area contributed by atoms with Crippen LogP contribution in [0.3, 0.4) is 0 Å². The summed E-state index contributed by atoms with van der Waals surface area (Å²) in [7, 11) is -2.78. The lowest BCUT2D eigenvalue weighted by atomic mass is 9.68. The monoisotopic (exact) mass is 819 g/mol. The van der Waals surface area contributed by atoms with E-state index in [1.54, 1.807) is 31.0 Å². The Balaban J connectivity index is 1.27. The fourth-order valence-corrected chi connectivity index (χ4v) is 10.1. The fraction of sp³-hybridized carbons (Fsp3) is 0.600. The van der Waals surface area contributed by atoms with Crippen molar-refractivity contribution in [3.63, 3.8) is 0 Å². The Kier molecular flexibility index (Phi) is 11.8. The van der Waals surface area contributed by atoms with Gasteiger partial charge in [0.2, 0.25) is 5.91 Å². The van der Waals surface area contributed by atoms with Gasteiger partial charge in [0.05, 0.1) is 44.5 Å². The van der Waals surface area contributed by atoms with Crippen LogP contribution in [0, 0.1) is 11.8 Å². The normalized spacial score (nSPS) is 29.9. The highest BCUT2D eigenvalue weighted by Crippen LogP contribution is 2.48. The molecule has 1 saturated carbocycles. The van der Waals surface area contributed by atoms with Crippen molar-refractivity contribution in [1.82, 2.24) is 19.2 Å². The first-order chi connectivity index (χ1) is 26.6. The maximum atomic E-state index is 13.9. The molecule has 1 spiro atoms. The molecule has 2 aromatic rings. The summed E-state index contributed by atoms with van der Waals surface area (Å²) in [5.74, 6) is -3.64. The maximum absolute atomic E-state index is 13.9. The molecule has 16 heteroatoms. The van der Waals surface area contributed by atoms with Crippen molar-refractivity contribution in [2.45, 2.75) is 74.9 Å². The third-order valence-electron chi connectivity index (χ3n) is 12.2. The predicted molar refractivity (Wildman–Crippen MR) is 208 cm³/mol. The number of ether oxygens (including phenoxy) is 2. The maximum Gasteiger partial charge on any atom is 0.301 e. The Morgan fingerprint density at radius 3 is 2.68 bits per heavy atom. The largest absolute Gasteiger partial charge is 0.490 e. The summed E-state index contributed by atoms with van der Waals surface area (Å²) in [5, 5.41) is 13.0. The summed E-state index contributed by atoms with van der Waals surface area (Å²) < 4.78 is 69.8. The summed E-state index contributed by atoms with van der Waals surface area (Å²) in [5.41, 5.74) is 0.0296. The molecule has 7 rings (SSSR count). The number of aryl methyl sites for hydroxylation is 1. The van der Waals surface area contributed by atoms with Crippen molar-refractivity contribution in [1.29, 1.82) is 0 Å². The average Bonchev–Trinajstić information content (AvgIpc) is 3.26. The van der Waals surface area contributed by atoms with E-state index >= 15 is 0 Å².